The van der Waals surface area contributed by atoms with Crippen molar-refractivity contribution in [2.24, 2.45) is 5.92 Å². The van der Waals surface area contributed by atoms with Crippen molar-refractivity contribution in [1.29, 1.82) is 0 Å². The van der Waals surface area contributed by atoms with Gasteiger partial charge in [-0.2, -0.15) is 0 Å². The van der Waals surface area contributed by atoms with E-state index < -0.39 is 0 Å². The summed E-state index contributed by atoms with van der Waals surface area (Å²) in [5.74, 6) is 0.883. The van der Waals surface area contributed by atoms with Crippen LogP contribution in [0.15, 0.2) is 0 Å². The minimum atomic E-state index is 0.882. The van der Waals surface area contributed by atoms with Crippen molar-refractivity contribution in [3.8, 4) is 0 Å². The highest BCUT2D eigenvalue weighted by molar-refractivity contribution is 4.80. The van der Waals surface area contributed by atoms with Crippen LogP contribution in [0, 0.1) is 5.92 Å². The summed E-state index contributed by atoms with van der Waals surface area (Å²) in [5.41, 5.74) is 0. The quantitative estimate of drug-likeness (QED) is 0.562. The summed E-state index contributed by atoms with van der Waals surface area (Å²) in [6.45, 7) is 4.75. The van der Waals surface area contributed by atoms with Crippen molar-refractivity contribution in [1.82, 2.24) is 10.6 Å². The summed E-state index contributed by atoms with van der Waals surface area (Å²) in [6, 6.07) is 0.882. The Morgan fingerprint density at radius 3 is 2.62 bits per heavy atom. The monoisotopic (exact) mass is 184 g/mol. The van der Waals surface area contributed by atoms with Gasteiger partial charge in [0.15, 0.2) is 0 Å². The lowest BCUT2D eigenvalue weighted by Crippen LogP contribution is -2.18. The largest absolute Gasteiger partial charge is 0.320 e. The molecule has 1 atom stereocenters. The molecule has 0 aromatic carbocycles. The van der Waals surface area contributed by atoms with E-state index in [9.17, 15) is 0 Å². The molecule has 2 heteroatoms. The molecule has 0 heterocycles. The molecule has 1 saturated carbocycles. The molecule has 1 rings (SSSR count). The van der Waals surface area contributed by atoms with E-state index in [2.05, 4.69) is 17.6 Å². The van der Waals surface area contributed by atoms with Gasteiger partial charge in [-0.25, -0.2) is 0 Å². The first-order chi connectivity index (χ1) is 6.33. The Bertz CT molecular complexity index is 121. The molecule has 0 spiro atoms. The van der Waals surface area contributed by atoms with Crippen molar-refractivity contribution in [2.45, 2.75) is 45.1 Å². The minimum Gasteiger partial charge on any atom is -0.320 e. The Balaban J connectivity index is 1.79. The van der Waals surface area contributed by atoms with Crippen LogP contribution in [-0.4, -0.2) is 26.2 Å². The van der Waals surface area contributed by atoms with Crippen LogP contribution >= 0.6 is 0 Å². The van der Waals surface area contributed by atoms with E-state index in [1.807, 2.05) is 7.05 Å². The van der Waals surface area contributed by atoms with Crippen molar-refractivity contribution in [3.05, 3.63) is 0 Å². The molecular formula is C11H24N2. The Morgan fingerprint density at radius 1 is 1.23 bits per heavy atom. The maximum Gasteiger partial charge on any atom is 0.00682 e. The number of hydrogen-bond acceptors (Lipinski definition) is 2. The molecule has 0 saturated heterocycles. The normalized spacial score (nSPS) is 18.9. The van der Waals surface area contributed by atoms with Crippen molar-refractivity contribution in [3.63, 3.8) is 0 Å². The number of nitrogens with one attached hydrogen (secondary N) is 2. The second-order valence-electron chi connectivity index (χ2n) is 4.37. The van der Waals surface area contributed by atoms with Crippen LogP contribution in [0.3, 0.4) is 0 Å². The average molecular weight is 184 g/mol. The Kier molecular flexibility index (Phi) is 5.40. The Morgan fingerprint density at radius 2 is 2.00 bits per heavy atom. The SMILES string of the molecule is CNCCC(C)CCCNC1CC1. The van der Waals surface area contributed by atoms with Crippen LogP contribution in [0.25, 0.3) is 0 Å². The summed E-state index contributed by atoms with van der Waals surface area (Å²) in [6.07, 6.45) is 6.87. The van der Waals surface area contributed by atoms with Gasteiger partial charge in [0.05, 0.1) is 0 Å². The summed E-state index contributed by atoms with van der Waals surface area (Å²) < 4.78 is 0. The zero-order valence-electron chi connectivity index (χ0n) is 9.10. The maximum atomic E-state index is 3.55. The van der Waals surface area contributed by atoms with Crippen molar-refractivity contribution in [2.75, 3.05) is 20.1 Å². The molecule has 1 aliphatic carbocycles. The molecule has 78 valence electrons. The molecule has 0 bridgehead atoms. The van der Waals surface area contributed by atoms with Gasteiger partial charge < -0.3 is 10.6 Å². The van der Waals surface area contributed by atoms with Gasteiger partial charge in [0.25, 0.3) is 0 Å². The molecule has 2 nitrogen and oxygen atoms in total. The molecule has 0 amide bonds. The third kappa shape index (κ3) is 6.05. The van der Waals surface area contributed by atoms with Gasteiger partial charge in [-0.15, -0.1) is 0 Å². The number of rotatable bonds is 8. The number of hydrogen-bond donors (Lipinski definition) is 2. The second kappa shape index (κ2) is 6.39. The van der Waals surface area contributed by atoms with E-state index >= 15 is 0 Å². The highest BCUT2D eigenvalue weighted by Gasteiger charge is 2.19. The smallest absolute Gasteiger partial charge is 0.00682 e. The lowest BCUT2D eigenvalue weighted by Gasteiger charge is -2.10. The average Bonchev–Trinajstić information content (AvgIpc) is 2.92. The van der Waals surface area contributed by atoms with Crippen LogP contribution in [-0.2, 0) is 0 Å². The van der Waals surface area contributed by atoms with Gasteiger partial charge in [0.2, 0.25) is 0 Å². The van der Waals surface area contributed by atoms with Crippen LogP contribution < -0.4 is 10.6 Å². The molecule has 1 fully saturated rings. The first-order valence-corrected chi connectivity index (χ1v) is 5.71. The van der Waals surface area contributed by atoms with E-state index in [1.54, 1.807) is 0 Å². The summed E-state index contributed by atoms with van der Waals surface area (Å²) in [7, 11) is 2.03. The molecule has 1 unspecified atom stereocenters. The van der Waals surface area contributed by atoms with Gasteiger partial charge in [0, 0.05) is 6.04 Å². The fourth-order valence-electron chi connectivity index (χ4n) is 1.58. The van der Waals surface area contributed by atoms with Crippen LogP contribution in [0.1, 0.15) is 39.0 Å². The summed E-state index contributed by atoms with van der Waals surface area (Å²) in [4.78, 5) is 0. The third-order valence-corrected chi connectivity index (χ3v) is 2.77. The predicted octanol–water partition coefficient (Wildman–Crippen LogP) is 1.76. The van der Waals surface area contributed by atoms with Crippen molar-refractivity contribution >= 4 is 0 Å². The molecule has 0 radical (unpaired) electrons. The van der Waals surface area contributed by atoms with Gasteiger partial charge in [0.1, 0.15) is 0 Å². The minimum absolute atomic E-state index is 0.882. The molecule has 0 aromatic heterocycles. The summed E-state index contributed by atoms with van der Waals surface area (Å²) >= 11 is 0. The van der Waals surface area contributed by atoms with E-state index in [1.165, 1.54) is 38.6 Å². The van der Waals surface area contributed by atoms with Crippen LogP contribution in [0.5, 0.6) is 0 Å². The molecular weight excluding hydrogens is 160 g/mol. The highest BCUT2D eigenvalue weighted by atomic mass is 14.9. The first-order valence-electron chi connectivity index (χ1n) is 5.71. The van der Waals surface area contributed by atoms with Crippen LogP contribution in [0.2, 0.25) is 0 Å². The zero-order valence-corrected chi connectivity index (χ0v) is 9.10. The fraction of sp³-hybridized carbons (Fsp3) is 1.00. The lowest BCUT2D eigenvalue weighted by atomic mass is 10.0. The van der Waals surface area contributed by atoms with Crippen molar-refractivity contribution < 1.29 is 0 Å². The Labute approximate surface area is 82.5 Å². The molecule has 0 aromatic rings. The third-order valence-electron chi connectivity index (χ3n) is 2.77. The lowest BCUT2D eigenvalue weighted by molar-refractivity contribution is 0.455. The van der Waals surface area contributed by atoms with E-state index in [0.717, 1.165) is 18.5 Å². The van der Waals surface area contributed by atoms with Crippen LogP contribution in [0.4, 0.5) is 0 Å². The fourth-order valence-corrected chi connectivity index (χ4v) is 1.58. The van der Waals surface area contributed by atoms with E-state index in [0.29, 0.717) is 0 Å². The van der Waals surface area contributed by atoms with Gasteiger partial charge >= 0.3 is 0 Å². The molecule has 1 aliphatic rings. The van der Waals surface area contributed by atoms with Gasteiger partial charge in [-0.3, -0.25) is 0 Å². The van der Waals surface area contributed by atoms with Gasteiger partial charge in [-0.1, -0.05) is 6.92 Å². The molecule has 2 N–H and O–H groups in total. The topological polar surface area (TPSA) is 24.1 Å². The zero-order chi connectivity index (χ0) is 9.52. The van der Waals surface area contributed by atoms with E-state index in [-0.39, 0.29) is 0 Å². The highest BCUT2D eigenvalue weighted by Crippen LogP contribution is 2.18. The Hall–Kier alpha value is -0.0800. The maximum absolute atomic E-state index is 3.55. The predicted molar refractivity (Wildman–Crippen MR) is 58.0 cm³/mol. The standard InChI is InChI=1S/C11H24N2/c1-10(7-9-12-2)4-3-8-13-11-5-6-11/h10-13H,3-9H2,1-2H3. The second-order valence-corrected chi connectivity index (χ2v) is 4.37. The molecule has 13 heavy (non-hydrogen) atoms. The first kappa shape index (κ1) is 11.0. The van der Waals surface area contributed by atoms with E-state index in [4.69, 9.17) is 0 Å². The summed E-state index contributed by atoms with van der Waals surface area (Å²) in [5, 5.41) is 6.75. The molecule has 0 aliphatic heterocycles. The van der Waals surface area contributed by atoms with Gasteiger partial charge in [-0.05, 0) is 58.2 Å².